The normalized spacial score (nSPS) is 10.4. The van der Waals surface area contributed by atoms with Gasteiger partial charge in [-0.15, -0.1) is 0 Å². The predicted molar refractivity (Wildman–Crippen MR) is 68.0 cm³/mol. The summed E-state index contributed by atoms with van der Waals surface area (Å²) in [6.45, 7) is 3.89. The molecule has 0 aliphatic heterocycles. The summed E-state index contributed by atoms with van der Waals surface area (Å²) in [5, 5.41) is 2.88. The molecule has 4 nitrogen and oxygen atoms in total. The Kier molecular flexibility index (Phi) is 5.49. The zero-order valence-corrected chi connectivity index (χ0v) is 10.7. The van der Waals surface area contributed by atoms with Gasteiger partial charge < -0.3 is 10.1 Å². The van der Waals surface area contributed by atoms with Crippen LogP contribution in [0.5, 0.6) is 5.75 Å². The van der Waals surface area contributed by atoms with Crippen LogP contribution >= 0.6 is 0 Å². The van der Waals surface area contributed by atoms with E-state index in [-0.39, 0.29) is 5.91 Å². The minimum absolute atomic E-state index is 0.0465. The van der Waals surface area contributed by atoms with Crippen LogP contribution in [-0.4, -0.2) is 38.1 Å². The second kappa shape index (κ2) is 6.91. The van der Waals surface area contributed by atoms with E-state index in [2.05, 4.69) is 5.32 Å². The number of likely N-dealkylation sites (N-methyl/N-ethyl adjacent to an activating group) is 1. The van der Waals surface area contributed by atoms with Crippen LogP contribution < -0.4 is 10.1 Å². The van der Waals surface area contributed by atoms with Gasteiger partial charge in [-0.05, 0) is 31.3 Å². The number of methoxy groups -OCH3 is 1. The Labute approximate surface area is 103 Å². The van der Waals surface area contributed by atoms with E-state index in [9.17, 15) is 4.79 Å². The number of carbonyl (C=O) groups is 1. The Morgan fingerprint density at radius 2 is 2.00 bits per heavy atom. The summed E-state index contributed by atoms with van der Waals surface area (Å²) in [7, 11) is 3.56. The van der Waals surface area contributed by atoms with Gasteiger partial charge in [0, 0.05) is 6.54 Å². The molecule has 0 aliphatic rings. The predicted octanol–water partition coefficient (Wildman–Crippen LogP) is 1.26. The number of hydrogen-bond donors (Lipinski definition) is 1. The van der Waals surface area contributed by atoms with Crippen molar-refractivity contribution in [1.29, 1.82) is 0 Å². The molecule has 0 aromatic heterocycles. The third-order valence-electron chi connectivity index (χ3n) is 2.60. The number of benzene rings is 1. The molecule has 0 atom stereocenters. The summed E-state index contributed by atoms with van der Waals surface area (Å²) in [4.78, 5) is 13.5. The molecule has 0 spiro atoms. The number of ether oxygens (including phenoxy) is 1. The zero-order chi connectivity index (χ0) is 12.7. The SMILES string of the molecule is CCN(C)CC(=O)NCc1ccc(OC)cc1. The Bertz CT molecular complexity index is 349. The van der Waals surface area contributed by atoms with Gasteiger partial charge in [-0.2, -0.15) is 0 Å². The molecule has 94 valence electrons. The Morgan fingerprint density at radius 3 is 2.53 bits per heavy atom. The molecule has 17 heavy (non-hydrogen) atoms. The summed E-state index contributed by atoms with van der Waals surface area (Å²) in [6.07, 6.45) is 0. The van der Waals surface area contributed by atoms with Crippen molar-refractivity contribution < 1.29 is 9.53 Å². The van der Waals surface area contributed by atoms with Crippen LogP contribution in [0.15, 0.2) is 24.3 Å². The van der Waals surface area contributed by atoms with Gasteiger partial charge in [0.2, 0.25) is 5.91 Å². The van der Waals surface area contributed by atoms with Gasteiger partial charge in [0.1, 0.15) is 5.75 Å². The molecule has 4 heteroatoms. The molecular formula is C13H20N2O2. The average Bonchev–Trinajstić information content (AvgIpc) is 2.36. The maximum absolute atomic E-state index is 11.5. The van der Waals surface area contributed by atoms with Crippen LogP contribution in [-0.2, 0) is 11.3 Å². The van der Waals surface area contributed by atoms with Crippen molar-refractivity contribution >= 4 is 5.91 Å². The van der Waals surface area contributed by atoms with Crippen molar-refractivity contribution in [2.45, 2.75) is 13.5 Å². The second-order valence-corrected chi connectivity index (χ2v) is 3.96. The van der Waals surface area contributed by atoms with E-state index in [4.69, 9.17) is 4.74 Å². The number of nitrogens with one attached hydrogen (secondary N) is 1. The molecule has 1 aromatic carbocycles. The van der Waals surface area contributed by atoms with Crippen LogP contribution in [0.25, 0.3) is 0 Å². The van der Waals surface area contributed by atoms with Crippen molar-refractivity contribution in [3.05, 3.63) is 29.8 Å². The molecule has 0 heterocycles. The lowest BCUT2D eigenvalue weighted by molar-refractivity contribution is -0.122. The molecule has 0 saturated carbocycles. The molecule has 1 N–H and O–H groups in total. The number of nitrogens with zero attached hydrogens (tertiary/aromatic N) is 1. The summed E-state index contributed by atoms with van der Waals surface area (Å²) in [6, 6.07) is 7.67. The van der Waals surface area contributed by atoms with Crippen molar-refractivity contribution in [2.24, 2.45) is 0 Å². The largest absolute Gasteiger partial charge is 0.497 e. The summed E-state index contributed by atoms with van der Waals surface area (Å²) >= 11 is 0. The first kappa shape index (κ1) is 13.5. The Balaban J connectivity index is 2.36. The third kappa shape index (κ3) is 4.87. The number of hydrogen-bond acceptors (Lipinski definition) is 3. The molecule has 0 fully saturated rings. The highest BCUT2D eigenvalue weighted by molar-refractivity contribution is 5.77. The van der Waals surface area contributed by atoms with E-state index in [1.807, 2.05) is 43.1 Å². The monoisotopic (exact) mass is 236 g/mol. The lowest BCUT2D eigenvalue weighted by atomic mass is 10.2. The summed E-state index contributed by atoms with van der Waals surface area (Å²) in [5.74, 6) is 0.871. The molecular weight excluding hydrogens is 216 g/mol. The summed E-state index contributed by atoms with van der Waals surface area (Å²) in [5.41, 5.74) is 1.07. The molecule has 0 saturated heterocycles. The molecule has 0 radical (unpaired) electrons. The fraction of sp³-hybridized carbons (Fsp3) is 0.462. The fourth-order valence-corrected chi connectivity index (χ4v) is 1.36. The molecule has 0 aliphatic carbocycles. The Morgan fingerprint density at radius 1 is 1.35 bits per heavy atom. The van der Waals surface area contributed by atoms with Gasteiger partial charge in [-0.3, -0.25) is 9.69 Å². The first-order valence-electron chi connectivity index (χ1n) is 5.74. The van der Waals surface area contributed by atoms with E-state index in [1.54, 1.807) is 7.11 Å². The lowest BCUT2D eigenvalue weighted by Crippen LogP contribution is -2.34. The fourth-order valence-electron chi connectivity index (χ4n) is 1.36. The average molecular weight is 236 g/mol. The first-order valence-corrected chi connectivity index (χ1v) is 5.74. The maximum atomic E-state index is 11.5. The molecule has 1 rings (SSSR count). The van der Waals surface area contributed by atoms with E-state index in [0.29, 0.717) is 13.1 Å². The van der Waals surface area contributed by atoms with Gasteiger partial charge >= 0.3 is 0 Å². The zero-order valence-electron chi connectivity index (χ0n) is 10.7. The van der Waals surface area contributed by atoms with Crippen LogP contribution in [0.3, 0.4) is 0 Å². The number of rotatable bonds is 6. The molecule has 0 unspecified atom stereocenters. The van der Waals surface area contributed by atoms with Gasteiger partial charge in [-0.25, -0.2) is 0 Å². The van der Waals surface area contributed by atoms with Crippen LogP contribution in [0.1, 0.15) is 12.5 Å². The van der Waals surface area contributed by atoms with Crippen LogP contribution in [0, 0.1) is 0 Å². The quantitative estimate of drug-likeness (QED) is 0.808. The van der Waals surface area contributed by atoms with Gasteiger partial charge in [0.15, 0.2) is 0 Å². The van der Waals surface area contributed by atoms with E-state index in [1.165, 1.54) is 0 Å². The van der Waals surface area contributed by atoms with E-state index < -0.39 is 0 Å². The highest BCUT2D eigenvalue weighted by Crippen LogP contribution is 2.10. The highest BCUT2D eigenvalue weighted by Gasteiger charge is 2.04. The van der Waals surface area contributed by atoms with E-state index in [0.717, 1.165) is 17.9 Å². The summed E-state index contributed by atoms with van der Waals surface area (Å²) < 4.78 is 5.07. The van der Waals surface area contributed by atoms with Crippen molar-refractivity contribution in [2.75, 3.05) is 27.2 Å². The van der Waals surface area contributed by atoms with Gasteiger partial charge in [0.25, 0.3) is 0 Å². The maximum Gasteiger partial charge on any atom is 0.234 e. The minimum Gasteiger partial charge on any atom is -0.497 e. The smallest absolute Gasteiger partial charge is 0.234 e. The van der Waals surface area contributed by atoms with Crippen molar-refractivity contribution in [1.82, 2.24) is 10.2 Å². The third-order valence-corrected chi connectivity index (χ3v) is 2.60. The molecule has 1 aromatic rings. The van der Waals surface area contributed by atoms with Crippen LogP contribution in [0.4, 0.5) is 0 Å². The molecule has 0 bridgehead atoms. The number of amides is 1. The van der Waals surface area contributed by atoms with Crippen molar-refractivity contribution in [3.63, 3.8) is 0 Å². The standard InChI is InChI=1S/C13H20N2O2/c1-4-15(2)10-13(16)14-9-11-5-7-12(17-3)8-6-11/h5-8H,4,9-10H2,1-3H3,(H,14,16). The van der Waals surface area contributed by atoms with Gasteiger partial charge in [0.05, 0.1) is 13.7 Å². The van der Waals surface area contributed by atoms with Gasteiger partial charge in [-0.1, -0.05) is 19.1 Å². The number of carbonyl (C=O) groups excluding carboxylic acids is 1. The van der Waals surface area contributed by atoms with Crippen molar-refractivity contribution in [3.8, 4) is 5.75 Å². The lowest BCUT2D eigenvalue weighted by Gasteiger charge is -2.13. The minimum atomic E-state index is 0.0465. The molecule has 1 amide bonds. The topological polar surface area (TPSA) is 41.6 Å². The van der Waals surface area contributed by atoms with Crippen LogP contribution in [0.2, 0.25) is 0 Å². The second-order valence-electron chi connectivity index (χ2n) is 3.96. The van der Waals surface area contributed by atoms with E-state index >= 15 is 0 Å². The highest BCUT2D eigenvalue weighted by atomic mass is 16.5. The first-order chi connectivity index (χ1) is 8.15. The Hall–Kier alpha value is -1.55.